The minimum Gasteiger partial charge on any atom is -0.452 e. The lowest BCUT2D eigenvalue weighted by atomic mass is 10.2. The Labute approximate surface area is 144 Å². The fraction of sp³-hybridized carbons (Fsp3) is 0.294. The lowest BCUT2D eigenvalue weighted by Crippen LogP contribution is -2.42. The van der Waals surface area contributed by atoms with Gasteiger partial charge >= 0.3 is 12.0 Å². The van der Waals surface area contributed by atoms with E-state index in [2.05, 4.69) is 15.7 Å². The van der Waals surface area contributed by atoms with E-state index in [1.54, 1.807) is 35.1 Å². The number of imide groups is 1. The average Bonchev–Trinajstić information content (AvgIpc) is 3.30. The molecule has 0 saturated heterocycles. The summed E-state index contributed by atoms with van der Waals surface area (Å²) < 4.78 is 6.65. The summed E-state index contributed by atoms with van der Waals surface area (Å²) in [5.41, 5.74) is 2.09. The van der Waals surface area contributed by atoms with Gasteiger partial charge in [-0.25, -0.2) is 14.3 Å². The standard InChI is InChI=1S/C17H18N4O4/c1-11-8-9-18-21(11)14-6-2-12(3-7-14)16(23)25-10-15(22)20-17(24)19-13-4-5-13/h2-3,6-9,13H,4-5,10H2,1H3,(H2,19,20,22,24). The molecule has 1 aliphatic rings. The number of rotatable bonds is 5. The normalized spacial score (nSPS) is 13.2. The van der Waals surface area contributed by atoms with E-state index in [1.807, 2.05) is 13.0 Å². The van der Waals surface area contributed by atoms with Crippen molar-refractivity contribution < 1.29 is 19.1 Å². The molecular formula is C17H18N4O4. The van der Waals surface area contributed by atoms with Gasteiger partial charge in [0.15, 0.2) is 6.61 Å². The molecule has 0 spiro atoms. The molecule has 1 heterocycles. The first-order chi connectivity index (χ1) is 12.0. The maximum absolute atomic E-state index is 12.0. The van der Waals surface area contributed by atoms with E-state index < -0.39 is 24.5 Å². The van der Waals surface area contributed by atoms with Crippen molar-refractivity contribution in [1.29, 1.82) is 0 Å². The van der Waals surface area contributed by atoms with E-state index in [0.717, 1.165) is 24.2 Å². The van der Waals surface area contributed by atoms with Crippen LogP contribution in [0.1, 0.15) is 28.9 Å². The summed E-state index contributed by atoms with van der Waals surface area (Å²) in [6, 6.07) is 8.11. The van der Waals surface area contributed by atoms with Crippen LogP contribution in [0.4, 0.5) is 4.79 Å². The van der Waals surface area contributed by atoms with Crippen LogP contribution in [0.3, 0.4) is 0 Å². The number of ether oxygens (including phenoxy) is 1. The van der Waals surface area contributed by atoms with Crippen LogP contribution in [-0.4, -0.2) is 40.3 Å². The van der Waals surface area contributed by atoms with Crippen LogP contribution >= 0.6 is 0 Å². The van der Waals surface area contributed by atoms with Crippen molar-refractivity contribution in [2.24, 2.45) is 0 Å². The van der Waals surface area contributed by atoms with Crippen LogP contribution in [0.15, 0.2) is 36.5 Å². The topological polar surface area (TPSA) is 102 Å². The lowest BCUT2D eigenvalue weighted by molar-refractivity contribution is -0.123. The first-order valence-corrected chi connectivity index (χ1v) is 7.91. The van der Waals surface area contributed by atoms with Crippen LogP contribution in [0, 0.1) is 6.92 Å². The SMILES string of the molecule is Cc1ccnn1-c1ccc(C(=O)OCC(=O)NC(=O)NC2CC2)cc1. The van der Waals surface area contributed by atoms with Gasteiger partial charge in [-0.3, -0.25) is 10.1 Å². The molecule has 1 aliphatic carbocycles. The van der Waals surface area contributed by atoms with Gasteiger partial charge in [0.2, 0.25) is 0 Å². The Morgan fingerprint density at radius 3 is 2.52 bits per heavy atom. The van der Waals surface area contributed by atoms with Gasteiger partial charge in [0, 0.05) is 17.9 Å². The molecule has 8 heteroatoms. The summed E-state index contributed by atoms with van der Waals surface area (Å²) in [6.45, 7) is 1.41. The Balaban J connectivity index is 1.50. The van der Waals surface area contributed by atoms with E-state index in [9.17, 15) is 14.4 Å². The molecular weight excluding hydrogens is 324 g/mol. The molecule has 3 amide bonds. The third-order valence-corrected chi connectivity index (χ3v) is 3.68. The number of hydrogen-bond donors (Lipinski definition) is 2. The Morgan fingerprint density at radius 1 is 1.20 bits per heavy atom. The summed E-state index contributed by atoms with van der Waals surface area (Å²) in [6.07, 6.45) is 3.53. The first kappa shape index (κ1) is 16.7. The summed E-state index contributed by atoms with van der Waals surface area (Å²) in [5.74, 6) is -1.31. The molecule has 25 heavy (non-hydrogen) atoms. The monoisotopic (exact) mass is 342 g/mol. The van der Waals surface area contributed by atoms with Crippen molar-refractivity contribution in [1.82, 2.24) is 20.4 Å². The molecule has 1 aromatic carbocycles. The molecule has 0 radical (unpaired) electrons. The van der Waals surface area contributed by atoms with Crippen LogP contribution in [0.25, 0.3) is 5.69 Å². The van der Waals surface area contributed by atoms with Gasteiger partial charge in [-0.15, -0.1) is 0 Å². The van der Waals surface area contributed by atoms with E-state index in [1.165, 1.54) is 0 Å². The lowest BCUT2D eigenvalue weighted by Gasteiger charge is -2.08. The Bertz CT molecular complexity index is 793. The number of carbonyl (C=O) groups excluding carboxylic acids is 3. The van der Waals surface area contributed by atoms with Gasteiger partial charge < -0.3 is 10.1 Å². The third kappa shape index (κ3) is 4.43. The molecule has 0 bridgehead atoms. The van der Waals surface area contributed by atoms with Gasteiger partial charge in [0.25, 0.3) is 5.91 Å². The quantitative estimate of drug-likeness (QED) is 0.798. The minimum absolute atomic E-state index is 0.146. The molecule has 3 rings (SSSR count). The summed E-state index contributed by atoms with van der Waals surface area (Å²) >= 11 is 0. The Hall–Kier alpha value is -3.16. The zero-order chi connectivity index (χ0) is 17.8. The van der Waals surface area contributed by atoms with Crippen LogP contribution < -0.4 is 10.6 Å². The van der Waals surface area contributed by atoms with E-state index in [-0.39, 0.29) is 6.04 Å². The van der Waals surface area contributed by atoms with E-state index in [4.69, 9.17) is 4.74 Å². The molecule has 0 unspecified atom stereocenters. The van der Waals surface area contributed by atoms with Crippen LogP contribution in [0.2, 0.25) is 0 Å². The van der Waals surface area contributed by atoms with Crippen molar-refractivity contribution in [3.63, 3.8) is 0 Å². The minimum atomic E-state index is -0.671. The molecule has 1 fully saturated rings. The smallest absolute Gasteiger partial charge is 0.338 e. The van der Waals surface area contributed by atoms with Crippen LogP contribution in [-0.2, 0) is 9.53 Å². The summed E-state index contributed by atoms with van der Waals surface area (Å²) in [4.78, 5) is 34.9. The zero-order valence-electron chi connectivity index (χ0n) is 13.7. The third-order valence-electron chi connectivity index (χ3n) is 3.68. The van der Waals surface area contributed by atoms with Crippen molar-refractivity contribution in [3.05, 3.63) is 47.8 Å². The molecule has 8 nitrogen and oxygen atoms in total. The van der Waals surface area contributed by atoms with Crippen molar-refractivity contribution >= 4 is 17.9 Å². The van der Waals surface area contributed by atoms with Gasteiger partial charge in [-0.05, 0) is 50.1 Å². The van der Waals surface area contributed by atoms with Crippen molar-refractivity contribution in [2.75, 3.05) is 6.61 Å². The number of hydrogen-bond acceptors (Lipinski definition) is 5. The van der Waals surface area contributed by atoms with Gasteiger partial charge in [-0.2, -0.15) is 5.10 Å². The maximum Gasteiger partial charge on any atom is 0.338 e. The number of urea groups is 1. The summed E-state index contributed by atoms with van der Waals surface area (Å²) in [5, 5.41) is 8.90. The average molecular weight is 342 g/mol. The first-order valence-electron chi connectivity index (χ1n) is 7.91. The van der Waals surface area contributed by atoms with Crippen molar-refractivity contribution in [3.8, 4) is 5.69 Å². The van der Waals surface area contributed by atoms with Gasteiger partial charge in [0.05, 0.1) is 11.3 Å². The number of amides is 3. The number of nitrogens with zero attached hydrogens (tertiary/aromatic N) is 2. The molecule has 1 saturated carbocycles. The molecule has 2 N–H and O–H groups in total. The zero-order valence-corrected chi connectivity index (χ0v) is 13.7. The molecule has 0 atom stereocenters. The number of aromatic nitrogens is 2. The van der Waals surface area contributed by atoms with Gasteiger partial charge in [-0.1, -0.05) is 0 Å². The van der Waals surface area contributed by atoms with Gasteiger partial charge in [0.1, 0.15) is 0 Å². The van der Waals surface area contributed by atoms with Crippen LogP contribution in [0.5, 0.6) is 0 Å². The number of nitrogens with one attached hydrogen (secondary N) is 2. The second kappa shape index (κ2) is 7.16. The number of carbonyl (C=O) groups is 3. The number of aryl methyl sites for hydroxylation is 1. The second-order valence-electron chi connectivity index (χ2n) is 5.80. The largest absolute Gasteiger partial charge is 0.452 e. The Kier molecular flexibility index (Phi) is 4.78. The molecule has 130 valence electrons. The highest BCUT2D eigenvalue weighted by Gasteiger charge is 2.24. The highest BCUT2D eigenvalue weighted by atomic mass is 16.5. The Morgan fingerprint density at radius 2 is 1.92 bits per heavy atom. The number of esters is 1. The predicted molar refractivity (Wildman–Crippen MR) is 88.3 cm³/mol. The second-order valence-corrected chi connectivity index (χ2v) is 5.80. The van der Waals surface area contributed by atoms with E-state index in [0.29, 0.717) is 5.56 Å². The molecule has 0 aliphatic heterocycles. The van der Waals surface area contributed by atoms with Crippen molar-refractivity contribution in [2.45, 2.75) is 25.8 Å². The molecule has 2 aromatic rings. The highest BCUT2D eigenvalue weighted by Crippen LogP contribution is 2.18. The predicted octanol–water partition coefficient (Wildman–Crippen LogP) is 1.33. The number of benzene rings is 1. The fourth-order valence-corrected chi connectivity index (χ4v) is 2.20. The van der Waals surface area contributed by atoms with E-state index >= 15 is 0 Å². The maximum atomic E-state index is 12.0. The highest BCUT2D eigenvalue weighted by molar-refractivity contribution is 5.97. The summed E-state index contributed by atoms with van der Waals surface area (Å²) in [7, 11) is 0. The fourth-order valence-electron chi connectivity index (χ4n) is 2.20. The molecule has 1 aromatic heterocycles.